The molecule has 1 aliphatic heterocycles. The summed E-state index contributed by atoms with van der Waals surface area (Å²) in [4.78, 5) is 21.9. The third-order valence-corrected chi connectivity index (χ3v) is 5.86. The van der Waals surface area contributed by atoms with Gasteiger partial charge in [0.05, 0.1) is 26.0 Å². The van der Waals surface area contributed by atoms with Gasteiger partial charge in [-0.05, 0) is 11.6 Å². The van der Waals surface area contributed by atoms with E-state index in [-0.39, 0.29) is 41.5 Å². The first-order valence-corrected chi connectivity index (χ1v) is 11.5. The number of hydrogen-bond donors (Lipinski definition) is 1. The minimum Gasteiger partial charge on any atom is -0.492 e. The smallest absolute Gasteiger partial charge is 0.333 e. The monoisotopic (exact) mass is 522 g/mol. The summed E-state index contributed by atoms with van der Waals surface area (Å²) in [6.45, 7) is -0.715. The Morgan fingerprint density at radius 3 is 2.86 bits per heavy atom. The standard InChI is InChI=1S/C23H25ClF2N6O4/c1-34-21(33)17-13-35-8-6-31(17)7-9-36-18-5-3-2-4-14(18)10-15-12-32(22(25)26)30-20(15)16-11-19(24)29-23(27)28-16/h2-5,11-12,17,22H,6-10,13H2,1H3,(H2,27,28,29). The largest absolute Gasteiger partial charge is 0.492 e. The zero-order valence-electron chi connectivity index (χ0n) is 19.4. The van der Waals surface area contributed by atoms with Crippen molar-refractivity contribution in [1.82, 2.24) is 24.6 Å². The van der Waals surface area contributed by atoms with Crippen molar-refractivity contribution in [2.75, 3.05) is 45.8 Å². The van der Waals surface area contributed by atoms with Gasteiger partial charge in [0, 0.05) is 37.3 Å². The average molecular weight is 523 g/mol. The number of hydrogen-bond acceptors (Lipinski definition) is 9. The summed E-state index contributed by atoms with van der Waals surface area (Å²) in [7, 11) is 1.34. The van der Waals surface area contributed by atoms with E-state index in [2.05, 4.69) is 15.1 Å². The summed E-state index contributed by atoms with van der Waals surface area (Å²) < 4.78 is 43.8. The Balaban J connectivity index is 1.52. The van der Waals surface area contributed by atoms with Crippen molar-refractivity contribution in [2.45, 2.75) is 19.0 Å². The number of alkyl halides is 2. The van der Waals surface area contributed by atoms with Crippen molar-refractivity contribution < 1.29 is 27.8 Å². The van der Waals surface area contributed by atoms with Gasteiger partial charge in [0.25, 0.3) is 0 Å². The van der Waals surface area contributed by atoms with Gasteiger partial charge in [0.15, 0.2) is 0 Å². The van der Waals surface area contributed by atoms with Crippen molar-refractivity contribution in [2.24, 2.45) is 0 Å². The highest BCUT2D eigenvalue weighted by atomic mass is 35.5. The molecule has 0 aliphatic carbocycles. The summed E-state index contributed by atoms with van der Waals surface area (Å²) in [5, 5.41) is 4.08. The van der Waals surface area contributed by atoms with E-state index in [1.54, 1.807) is 6.07 Å². The van der Waals surface area contributed by atoms with Gasteiger partial charge in [0.1, 0.15) is 29.2 Å². The highest BCUT2D eigenvalue weighted by Gasteiger charge is 2.30. The highest BCUT2D eigenvalue weighted by Crippen LogP contribution is 2.29. The van der Waals surface area contributed by atoms with Gasteiger partial charge in [-0.1, -0.05) is 29.8 Å². The van der Waals surface area contributed by atoms with Crippen LogP contribution in [0.2, 0.25) is 5.15 Å². The quantitative estimate of drug-likeness (QED) is 0.334. The molecule has 1 aromatic carbocycles. The number of rotatable bonds is 9. The van der Waals surface area contributed by atoms with Crippen molar-refractivity contribution in [3.8, 4) is 17.1 Å². The maximum atomic E-state index is 13.5. The molecule has 2 aromatic heterocycles. The second-order valence-corrected chi connectivity index (χ2v) is 8.36. The van der Waals surface area contributed by atoms with Gasteiger partial charge in [0.2, 0.25) is 5.95 Å². The number of carbonyl (C=O) groups is 1. The van der Waals surface area contributed by atoms with E-state index in [4.69, 9.17) is 31.5 Å². The summed E-state index contributed by atoms with van der Waals surface area (Å²) in [6.07, 6.45) is 1.50. The number of para-hydroxylation sites is 1. The second kappa shape index (κ2) is 11.6. The number of halogens is 3. The van der Waals surface area contributed by atoms with Crippen molar-refractivity contribution >= 4 is 23.5 Å². The second-order valence-electron chi connectivity index (χ2n) is 7.98. The molecule has 2 N–H and O–H groups in total. The zero-order chi connectivity index (χ0) is 25.7. The van der Waals surface area contributed by atoms with Gasteiger partial charge in [-0.2, -0.15) is 13.9 Å². The highest BCUT2D eigenvalue weighted by molar-refractivity contribution is 6.29. The Labute approximate surface area is 210 Å². The molecule has 192 valence electrons. The Hall–Kier alpha value is -3.35. The number of nitrogens with two attached hydrogens (primary N) is 1. The Bertz CT molecular complexity index is 1190. The van der Waals surface area contributed by atoms with Gasteiger partial charge in [-0.15, -0.1) is 0 Å². The number of nitrogen functional groups attached to an aromatic ring is 1. The van der Waals surface area contributed by atoms with Gasteiger partial charge in [-0.3, -0.25) is 9.69 Å². The van der Waals surface area contributed by atoms with Gasteiger partial charge in [-0.25, -0.2) is 14.6 Å². The molecule has 1 fully saturated rings. The minimum atomic E-state index is -2.84. The number of morpholine rings is 1. The number of nitrogens with zero attached hydrogens (tertiary/aromatic N) is 5. The molecule has 13 heteroatoms. The van der Waals surface area contributed by atoms with Crippen LogP contribution >= 0.6 is 11.6 Å². The fourth-order valence-corrected chi connectivity index (χ4v) is 4.15. The fourth-order valence-electron chi connectivity index (χ4n) is 3.96. The topological polar surface area (TPSA) is 118 Å². The zero-order valence-corrected chi connectivity index (χ0v) is 20.2. The van der Waals surface area contributed by atoms with E-state index in [0.29, 0.717) is 42.3 Å². The van der Waals surface area contributed by atoms with E-state index in [1.165, 1.54) is 19.4 Å². The Morgan fingerprint density at radius 1 is 1.31 bits per heavy atom. The van der Waals surface area contributed by atoms with E-state index >= 15 is 0 Å². The van der Waals surface area contributed by atoms with Crippen molar-refractivity contribution in [1.29, 1.82) is 0 Å². The summed E-state index contributed by atoms with van der Waals surface area (Å²) in [6, 6.07) is 8.21. The molecule has 1 aliphatic rings. The van der Waals surface area contributed by atoms with Crippen LogP contribution in [0, 0.1) is 0 Å². The van der Waals surface area contributed by atoms with Gasteiger partial charge < -0.3 is 19.9 Å². The Kier molecular flexibility index (Phi) is 8.28. The predicted molar refractivity (Wildman–Crippen MR) is 127 cm³/mol. The van der Waals surface area contributed by atoms with Crippen LogP contribution in [0.4, 0.5) is 14.7 Å². The lowest BCUT2D eigenvalue weighted by Crippen LogP contribution is -2.51. The molecule has 0 bridgehead atoms. The van der Waals surface area contributed by atoms with Crippen LogP contribution in [-0.4, -0.2) is 76.7 Å². The van der Waals surface area contributed by atoms with Crippen LogP contribution in [0.15, 0.2) is 36.5 Å². The SMILES string of the molecule is COC(=O)C1COCCN1CCOc1ccccc1Cc1cn(C(F)F)nc1-c1cc(Cl)nc(N)n1. The lowest BCUT2D eigenvalue weighted by molar-refractivity contribution is -0.153. The number of anilines is 1. The lowest BCUT2D eigenvalue weighted by Gasteiger charge is -2.33. The number of benzene rings is 1. The molecular formula is C23H25ClF2N6O4. The summed E-state index contributed by atoms with van der Waals surface area (Å²) in [5.41, 5.74) is 7.39. The van der Waals surface area contributed by atoms with Crippen LogP contribution < -0.4 is 10.5 Å². The van der Waals surface area contributed by atoms with E-state index in [0.717, 1.165) is 5.56 Å². The fraction of sp³-hybridized carbons (Fsp3) is 0.391. The molecule has 4 rings (SSSR count). The predicted octanol–water partition coefficient (Wildman–Crippen LogP) is 2.81. The maximum Gasteiger partial charge on any atom is 0.333 e. The van der Waals surface area contributed by atoms with Crippen LogP contribution in [0.3, 0.4) is 0 Å². The molecular weight excluding hydrogens is 498 g/mol. The lowest BCUT2D eigenvalue weighted by atomic mass is 10.0. The first-order chi connectivity index (χ1) is 17.4. The molecule has 36 heavy (non-hydrogen) atoms. The number of esters is 1. The molecule has 1 atom stereocenters. The number of aromatic nitrogens is 4. The van der Waals surface area contributed by atoms with E-state index < -0.39 is 12.6 Å². The van der Waals surface area contributed by atoms with E-state index in [1.807, 2.05) is 23.1 Å². The third kappa shape index (κ3) is 6.07. The first kappa shape index (κ1) is 25.7. The van der Waals surface area contributed by atoms with Crippen LogP contribution in [-0.2, 0) is 20.7 Å². The van der Waals surface area contributed by atoms with Crippen LogP contribution in [0.5, 0.6) is 5.75 Å². The maximum absolute atomic E-state index is 13.5. The summed E-state index contributed by atoms with van der Waals surface area (Å²) >= 11 is 5.99. The molecule has 3 heterocycles. The van der Waals surface area contributed by atoms with Crippen LogP contribution in [0.1, 0.15) is 17.7 Å². The number of carbonyl (C=O) groups excluding carboxylic acids is 1. The molecule has 3 aromatic rings. The van der Waals surface area contributed by atoms with Crippen molar-refractivity contribution in [3.63, 3.8) is 0 Å². The molecule has 0 spiro atoms. The normalized spacial score (nSPS) is 16.3. The summed E-state index contributed by atoms with van der Waals surface area (Å²) in [5.74, 6) is 0.132. The average Bonchev–Trinajstić information content (AvgIpc) is 3.28. The molecule has 0 amide bonds. The molecule has 0 saturated carbocycles. The van der Waals surface area contributed by atoms with E-state index in [9.17, 15) is 13.6 Å². The minimum absolute atomic E-state index is 0.0761. The van der Waals surface area contributed by atoms with Gasteiger partial charge >= 0.3 is 12.5 Å². The number of ether oxygens (including phenoxy) is 3. The first-order valence-electron chi connectivity index (χ1n) is 11.1. The van der Waals surface area contributed by atoms with Crippen molar-refractivity contribution in [3.05, 3.63) is 52.8 Å². The third-order valence-electron chi connectivity index (χ3n) is 5.66. The van der Waals surface area contributed by atoms with Crippen LogP contribution in [0.25, 0.3) is 11.4 Å². The Morgan fingerprint density at radius 2 is 2.11 bits per heavy atom. The molecule has 0 radical (unpaired) electrons. The molecule has 10 nitrogen and oxygen atoms in total. The molecule has 1 unspecified atom stereocenters. The number of methoxy groups -OCH3 is 1. The molecule has 1 saturated heterocycles.